The third kappa shape index (κ3) is 3.50. The Hall–Kier alpha value is -2.48. The van der Waals surface area contributed by atoms with Gasteiger partial charge in [0.2, 0.25) is 0 Å². The number of primary amides is 1. The summed E-state index contributed by atoms with van der Waals surface area (Å²) >= 11 is 5.78. The number of nitrogens with two attached hydrogens (primary N) is 1. The topological polar surface area (TPSA) is 90.0 Å². The van der Waals surface area contributed by atoms with E-state index in [0.717, 1.165) is 0 Å². The summed E-state index contributed by atoms with van der Waals surface area (Å²) < 4.78 is 29.6. The predicted molar refractivity (Wildman–Crippen MR) is 104 cm³/mol. The van der Waals surface area contributed by atoms with Crippen LogP contribution in [0, 0.1) is 17.7 Å². The van der Waals surface area contributed by atoms with Gasteiger partial charge in [-0.1, -0.05) is 11.6 Å². The van der Waals surface area contributed by atoms with Crippen LogP contribution in [0.25, 0.3) is 0 Å². The standard InChI is InChI=1S/C20H21ClF2N4O2/c1-27-9-25-16(10-4-11-7-20(23,19(24)29)8-12(11)5-10)17(27)18(28)26-13-2-3-15(22)14(21)6-13/h2-3,6,9-12H,4-5,7-8H2,1H3,(H2,24,29)(H,26,28). The highest BCUT2D eigenvalue weighted by molar-refractivity contribution is 6.31. The van der Waals surface area contributed by atoms with Crippen molar-refractivity contribution in [3.05, 3.63) is 46.8 Å². The van der Waals surface area contributed by atoms with Gasteiger partial charge in [0, 0.05) is 18.7 Å². The summed E-state index contributed by atoms with van der Waals surface area (Å²) in [5.41, 5.74) is 4.73. The zero-order valence-corrected chi connectivity index (χ0v) is 16.5. The Morgan fingerprint density at radius 1 is 1.31 bits per heavy atom. The zero-order chi connectivity index (χ0) is 20.9. The number of alkyl halides is 1. The Morgan fingerprint density at radius 3 is 2.55 bits per heavy atom. The molecule has 6 nitrogen and oxygen atoms in total. The molecule has 2 fully saturated rings. The minimum atomic E-state index is -1.92. The number of nitrogens with one attached hydrogen (secondary N) is 1. The summed E-state index contributed by atoms with van der Waals surface area (Å²) in [7, 11) is 1.72. The molecule has 4 rings (SSSR count). The number of aromatic nitrogens is 2. The molecular weight excluding hydrogens is 402 g/mol. The number of amides is 2. The molecule has 2 aromatic rings. The average Bonchev–Trinajstić information content (AvgIpc) is 3.29. The number of anilines is 1. The van der Waals surface area contributed by atoms with E-state index in [4.69, 9.17) is 17.3 Å². The Morgan fingerprint density at radius 2 is 1.97 bits per heavy atom. The van der Waals surface area contributed by atoms with Crippen LogP contribution in [-0.4, -0.2) is 27.0 Å². The SMILES string of the molecule is Cn1cnc(C2CC3CC(F)(C(N)=O)CC3C2)c1C(=O)Nc1ccc(F)c(Cl)c1. The molecule has 2 aliphatic carbocycles. The van der Waals surface area contributed by atoms with Gasteiger partial charge in [-0.3, -0.25) is 9.59 Å². The lowest BCUT2D eigenvalue weighted by Gasteiger charge is -2.18. The first kappa shape index (κ1) is 19.8. The molecule has 2 aliphatic rings. The van der Waals surface area contributed by atoms with Crippen molar-refractivity contribution in [2.75, 3.05) is 5.32 Å². The number of fused-ring (bicyclic) bond motifs is 1. The molecule has 0 radical (unpaired) electrons. The first-order chi connectivity index (χ1) is 13.7. The largest absolute Gasteiger partial charge is 0.367 e. The van der Waals surface area contributed by atoms with Crippen molar-refractivity contribution in [2.45, 2.75) is 37.3 Å². The number of imidazole rings is 1. The van der Waals surface area contributed by atoms with E-state index in [1.54, 1.807) is 17.9 Å². The number of aryl methyl sites for hydroxylation is 1. The number of carbonyl (C=O) groups is 2. The zero-order valence-electron chi connectivity index (χ0n) is 15.8. The second-order valence-corrected chi connectivity index (χ2v) is 8.51. The van der Waals surface area contributed by atoms with Gasteiger partial charge >= 0.3 is 0 Å². The maximum Gasteiger partial charge on any atom is 0.274 e. The smallest absolute Gasteiger partial charge is 0.274 e. The number of benzene rings is 1. The summed E-state index contributed by atoms with van der Waals surface area (Å²) in [5.74, 6) is -1.74. The van der Waals surface area contributed by atoms with E-state index < -0.39 is 17.4 Å². The predicted octanol–water partition coefficient (Wildman–Crippen LogP) is 3.56. The minimum absolute atomic E-state index is 0.00109. The Labute approximate surface area is 171 Å². The molecule has 1 aromatic heterocycles. The molecule has 3 N–H and O–H groups in total. The molecule has 1 aromatic carbocycles. The fourth-order valence-corrected chi connectivity index (χ4v) is 5.02. The van der Waals surface area contributed by atoms with E-state index >= 15 is 0 Å². The van der Waals surface area contributed by atoms with Crippen LogP contribution in [0.4, 0.5) is 14.5 Å². The van der Waals surface area contributed by atoms with Gasteiger partial charge in [0.05, 0.1) is 17.0 Å². The van der Waals surface area contributed by atoms with Crippen molar-refractivity contribution in [2.24, 2.45) is 24.6 Å². The first-order valence-electron chi connectivity index (χ1n) is 9.44. The summed E-state index contributed by atoms with van der Waals surface area (Å²) in [6.45, 7) is 0. The Bertz CT molecular complexity index is 979. The second kappa shape index (κ2) is 7.09. The monoisotopic (exact) mass is 422 g/mol. The summed E-state index contributed by atoms with van der Waals surface area (Å²) in [5, 5.41) is 2.64. The fraction of sp³-hybridized carbons (Fsp3) is 0.450. The maximum atomic E-state index is 14.6. The van der Waals surface area contributed by atoms with Crippen molar-refractivity contribution >= 4 is 29.1 Å². The number of hydrogen-bond acceptors (Lipinski definition) is 3. The van der Waals surface area contributed by atoms with Crippen LogP contribution in [0.5, 0.6) is 0 Å². The highest BCUT2D eigenvalue weighted by atomic mass is 35.5. The van der Waals surface area contributed by atoms with Crippen molar-refractivity contribution in [1.82, 2.24) is 9.55 Å². The molecule has 0 saturated heterocycles. The second-order valence-electron chi connectivity index (χ2n) is 8.10. The van der Waals surface area contributed by atoms with Gasteiger partial charge in [-0.05, 0) is 55.7 Å². The third-order valence-electron chi connectivity index (χ3n) is 6.20. The van der Waals surface area contributed by atoms with Crippen molar-refractivity contribution in [3.8, 4) is 0 Å². The van der Waals surface area contributed by atoms with Crippen LogP contribution in [0.1, 0.15) is 47.8 Å². The highest BCUT2D eigenvalue weighted by Crippen LogP contribution is 2.55. The molecule has 0 aliphatic heterocycles. The van der Waals surface area contributed by atoms with Gasteiger partial charge in [-0.15, -0.1) is 0 Å². The van der Waals surface area contributed by atoms with Crippen LogP contribution in [0.15, 0.2) is 24.5 Å². The van der Waals surface area contributed by atoms with E-state index in [2.05, 4.69) is 10.3 Å². The molecule has 2 saturated carbocycles. The fourth-order valence-electron chi connectivity index (χ4n) is 4.84. The Kier molecular flexibility index (Phi) is 4.85. The molecule has 2 amide bonds. The average molecular weight is 423 g/mol. The van der Waals surface area contributed by atoms with Crippen LogP contribution in [0.3, 0.4) is 0 Å². The van der Waals surface area contributed by atoms with Gasteiger partial charge in [-0.25, -0.2) is 13.8 Å². The summed E-state index contributed by atoms with van der Waals surface area (Å²) in [6, 6.07) is 3.96. The molecule has 154 valence electrons. The lowest BCUT2D eigenvalue weighted by molar-refractivity contribution is -0.129. The molecule has 9 heteroatoms. The van der Waals surface area contributed by atoms with E-state index in [-0.39, 0.29) is 41.5 Å². The van der Waals surface area contributed by atoms with E-state index in [9.17, 15) is 18.4 Å². The number of nitrogens with zero attached hydrogens (tertiary/aromatic N) is 2. The summed E-state index contributed by atoms with van der Waals surface area (Å²) in [4.78, 5) is 28.7. The van der Waals surface area contributed by atoms with Crippen molar-refractivity contribution in [1.29, 1.82) is 0 Å². The number of hydrogen-bond donors (Lipinski definition) is 2. The summed E-state index contributed by atoms with van der Waals surface area (Å²) in [6.07, 6.45) is 3.14. The van der Waals surface area contributed by atoms with E-state index in [1.807, 2.05) is 0 Å². The number of rotatable bonds is 4. The van der Waals surface area contributed by atoms with Crippen LogP contribution in [0.2, 0.25) is 5.02 Å². The van der Waals surface area contributed by atoms with Gasteiger partial charge in [-0.2, -0.15) is 0 Å². The van der Waals surface area contributed by atoms with E-state index in [1.165, 1.54) is 18.2 Å². The normalized spacial score (nSPS) is 28.3. The van der Waals surface area contributed by atoms with Crippen molar-refractivity contribution in [3.63, 3.8) is 0 Å². The van der Waals surface area contributed by atoms with E-state index in [0.29, 0.717) is 29.9 Å². The van der Waals surface area contributed by atoms with Gasteiger partial charge in [0.15, 0.2) is 5.67 Å². The van der Waals surface area contributed by atoms with Crippen molar-refractivity contribution < 1.29 is 18.4 Å². The van der Waals surface area contributed by atoms with Crippen LogP contribution in [-0.2, 0) is 11.8 Å². The molecule has 2 atom stereocenters. The molecule has 29 heavy (non-hydrogen) atoms. The molecule has 0 spiro atoms. The highest BCUT2D eigenvalue weighted by Gasteiger charge is 2.54. The third-order valence-corrected chi connectivity index (χ3v) is 6.49. The molecule has 0 bridgehead atoms. The van der Waals surface area contributed by atoms with Crippen LogP contribution < -0.4 is 11.1 Å². The lowest BCUT2D eigenvalue weighted by Crippen LogP contribution is -2.37. The lowest BCUT2D eigenvalue weighted by atomic mass is 9.93. The Balaban J connectivity index is 1.52. The quantitative estimate of drug-likeness (QED) is 0.789. The van der Waals surface area contributed by atoms with Gasteiger partial charge in [0.25, 0.3) is 11.8 Å². The molecule has 2 unspecified atom stereocenters. The first-order valence-corrected chi connectivity index (χ1v) is 9.82. The number of carbonyl (C=O) groups excluding carboxylic acids is 2. The van der Waals surface area contributed by atoms with Crippen LogP contribution >= 0.6 is 11.6 Å². The number of halogens is 3. The molecule has 1 heterocycles. The maximum absolute atomic E-state index is 14.6. The van der Waals surface area contributed by atoms with Gasteiger partial charge in [0.1, 0.15) is 11.5 Å². The molecular formula is C20H21ClF2N4O2. The van der Waals surface area contributed by atoms with Gasteiger partial charge < -0.3 is 15.6 Å². The minimum Gasteiger partial charge on any atom is -0.367 e.